The van der Waals surface area contributed by atoms with E-state index in [1.165, 1.54) is 6.20 Å². The van der Waals surface area contributed by atoms with E-state index in [1.54, 1.807) is 13.0 Å². The van der Waals surface area contributed by atoms with Crippen molar-refractivity contribution in [3.63, 3.8) is 0 Å². The number of hydrogen-bond acceptors (Lipinski definition) is 4. The van der Waals surface area contributed by atoms with Crippen LogP contribution in [0, 0.1) is 0 Å². The highest BCUT2D eigenvalue weighted by molar-refractivity contribution is 9.10. The number of rotatable bonds is 5. The van der Waals surface area contributed by atoms with Gasteiger partial charge in [0.25, 0.3) is 0 Å². The molecule has 16 heavy (non-hydrogen) atoms. The molecule has 0 aliphatic rings. The molecule has 0 unspecified atom stereocenters. The van der Waals surface area contributed by atoms with Gasteiger partial charge in [0, 0.05) is 22.7 Å². The summed E-state index contributed by atoms with van der Waals surface area (Å²) in [6.07, 6.45) is 3.14. The van der Waals surface area contributed by atoms with Gasteiger partial charge in [-0.1, -0.05) is 0 Å². The minimum absolute atomic E-state index is 0.0204. The molecule has 0 atom stereocenters. The molecule has 1 aromatic rings. The Hall–Kier alpha value is -1.10. The van der Waals surface area contributed by atoms with Gasteiger partial charge in [-0.25, -0.2) is 4.98 Å². The Morgan fingerprint density at radius 1 is 1.62 bits per heavy atom. The highest BCUT2D eigenvalue weighted by Crippen LogP contribution is 2.20. The first-order chi connectivity index (χ1) is 7.63. The standard InChI is InChI=1S/C11H14BrNO3/c1-2-16-10(14)5-3-4-8-6-9(12)7-13-11(8)15/h6-7H,2-5H2,1H3,(H,13,15). The van der Waals surface area contributed by atoms with Gasteiger partial charge in [0.05, 0.1) is 6.61 Å². The normalized spacial score (nSPS) is 10.1. The number of carbonyl (C=O) groups excluding carboxylic acids is 1. The van der Waals surface area contributed by atoms with E-state index in [0.29, 0.717) is 25.9 Å². The molecule has 1 N–H and O–H groups in total. The molecule has 0 saturated heterocycles. The van der Waals surface area contributed by atoms with Gasteiger partial charge in [-0.05, 0) is 41.8 Å². The Balaban J connectivity index is 2.42. The van der Waals surface area contributed by atoms with E-state index in [0.717, 1.165) is 10.0 Å². The molecule has 0 saturated carbocycles. The molecule has 0 radical (unpaired) electrons. The highest BCUT2D eigenvalue weighted by atomic mass is 79.9. The van der Waals surface area contributed by atoms with Crippen molar-refractivity contribution in [1.82, 2.24) is 4.98 Å². The number of carbonyl (C=O) groups is 1. The average molecular weight is 288 g/mol. The molecule has 0 bridgehead atoms. The summed E-state index contributed by atoms with van der Waals surface area (Å²) < 4.78 is 5.62. The SMILES string of the molecule is CCOC(=O)CCCc1cc(Br)cnc1O. The first kappa shape index (κ1) is 13.0. The number of nitrogens with zero attached hydrogens (tertiary/aromatic N) is 1. The number of pyridine rings is 1. The van der Waals surface area contributed by atoms with Gasteiger partial charge in [-0.2, -0.15) is 0 Å². The molecular weight excluding hydrogens is 274 g/mol. The minimum Gasteiger partial charge on any atom is -0.493 e. The van der Waals surface area contributed by atoms with Crippen molar-refractivity contribution >= 4 is 21.9 Å². The Morgan fingerprint density at radius 3 is 3.06 bits per heavy atom. The summed E-state index contributed by atoms with van der Waals surface area (Å²) in [5, 5.41) is 9.46. The lowest BCUT2D eigenvalue weighted by Crippen LogP contribution is -2.04. The molecule has 1 rings (SSSR count). The van der Waals surface area contributed by atoms with Crippen LogP contribution < -0.4 is 0 Å². The summed E-state index contributed by atoms with van der Waals surface area (Å²) >= 11 is 3.28. The largest absolute Gasteiger partial charge is 0.493 e. The lowest BCUT2D eigenvalue weighted by Gasteiger charge is -2.04. The average Bonchev–Trinajstić information content (AvgIpc) is 2.23. The summed E-state index contributed by atoms with van der Waals surface area (Å²) in [7, 11) is 0. The molecule has 1 heterocycles. The summed E-state index contributed by atoms with van der Waals surface area (Å²) in [5.41, 5.74) is 0.735. The number of hydrogen-bond donors (Lipinski definition) is 1. The second kappa shape index (κ2) is 6.48. The Morgan fingerprint density at radius 2 is 2.38 bits per heavy atom. The fourth-order valence-electron chi connectivity index (χ4n) is 1.31. The number of halogens is 1. The molecule has 0 aromatic carbocycles. The molecule has 0 fully saturated rings. The van der Waals surface area contributed by atoms with E-state index in [4.69, 9.17) is 4.74 Å². The third kappa shape index (κ3) is 4.18. The van der Waals surface area contributed by atoms with Crippen molar-refractivity contribution in [3.05, 3.63) is 22.3 Å². The Bertz CT molecular complexity index is 368. The molecular formula is C11H14BrNO3. The van der Waals surface area contributed by atoms with Crippen molar-refractivity contribution in [3.8, 4) is 5.88 Å². The second-order valence-electron chi connectivity index (χ2n) is 3.29. The number of esters is 1. The van der Waals surface area contributed by atoms with Crippen LogP contribution in [-0.4, -0.2) is 22.7 Å². The number of ether oxygens (including phenoxy) is 1. The van der Waals surface area contributed by atoms with Crippen LogP contribution in [0.1, 0.15) is 25.3 Å². The first-order valence-electron chi connectivity index (χ1n) is 5.12. The Labute approximate surface area is 103 Å². The van der Waals surface area contributed by atoms with Crippen LogP contribution in [0.4, 0.5) is 0 Å². The fourth-order valence-corrected chi connectivity index (χ4v) is 1.69. The van der Waals surface area contributed by atoms with Crippen molar-refractivity contribution in [1.29, 1.82) is 0 Å². The quantitative estimate of drug-likeness (QED) is 0.845. The van der Waals surface area contributed by atoms with E-state index < -0.39 is 0 Å². The molecule has 88 valence electrons. The number of aryl methyl sites for hydroxylation is 1. The lowest BCUT2D eigenvalue weighted by molar-refractivity contribution is -0.143. The van der Waals surface area contributed by atoms with Crippen molar-refractivity contribution in [2.24, 2.45) is 0 Å². The maximum atomic E-state index is 11.1. The zero-order valence-corrected chi connectivity index (χ0v) is 10.7. The molecule has 0 spiro atoms. The summed E-state index contributed by atoms with van der Waals surface area (Å²) in [5.74, 6) is -0.183. The van der Waals surface area contributed by atoms with Crippen LogP contribution >= 0.6 is 15.9 Å². The van der Waals surface area contributed by atoms with Crippen LogP contribution in [0.15, 0.2) is 16.7 Å². The van der Waals surface area contributed by atoms with E-state index in [1.807, 2.05) is 0 Å². The summed E-state index contributed by atoms with van der Waals surface area (Å²) in [4.78, 5) is 14.9. The smallest absolute Gasteiger partial charge is 0.305 e. The van der Waals surface area contributed by atoms with Crippen LogP contribution in [0.3, 0.4) is 0 Å². The van der Waals surface area contributed by atoms with Gasteiger partial charge in [0.15, 0.2) is 0 Å². The second-order valence-corrected chi connectivity index (χ2v) is 4.21. The molecule has 4 nitrogen and oxygen atoms in total. The van der Waals surface area contributed by atoms with Gasteiger partial charge in [-0.3, -0.25) is 4.79 Å². The van der Waals surface area contributed by atoms with E-state index in [9.17, 15) is 9.90 Å². The third-order valence-corrected chi connectivity index (χ3v) is 2.48. The predicted octanol–water partition coefficient (Wildman–Crippen LogP) is 2.44. The van der Waals surface area contributed by atoms with E-state index >= 15 is 0 Å². The molecule has 1 aromatic heterocycles. The molecule has 0 aliphatic heterocycles. The van der Waals surface area contributed by atoms with Crippen molar-refractivity contribution in [2.75, 3.05) is 6.61 Å². The molecule has 5 heteroatoms. The monoisotopic (exact) mass is 287 g/mol. The minimum atomic E-state index is -0.204. The molecule has 0 amide bonds. The van der Waals surface area contributed by atoms with Gasteiger partial charge in [0.2, 0.25) is 5.88 Å². The third-order valence-electron chi connectivity index (χ3n) is 2.04. The zero-order chi connectivity index (χ0) is 12.0. The summed E-state index contributed by atoms with van der Waals surface area (Å²) in [6.45, 7) is 2.18. The zero-order valence-electron chi connectivity index (χ0n) is 9.07. The van der Waals surface area contributed by atoms with Gasteiger partial charge in [0.1, 0.15) is 0 Å². The maximum Gasteiger partial charge on any atom is 0.305 e. The Kier molecular flexibility index (Phi) is 5.25. The van der Waals surface area contributed by atoms with Crippen LogP contribution in [-0.2, 0) is 16.0 Å². The van der Waals surface area contributed by atoms with E-state index in [-0.39, 0.29) is 11.8 Å². The van der Waals surface area contributed by atoms with Crippen LogP contribution in [0.25, 0.3) is 0 Å². The first-order valence-corrected chi connectivity index (χ1v) is 5.91. The lowest BCUT2D eigenvalue weighted by atomic mass is 10.1. The highest BCUT2D eigenvalue weighted by Gasteiger charge is 2.06. The van der Waals surface area contributed by atoms with Crippen molar-refractivity contribution < 1.29 is 14.6 Å². The topological polar surface area (TPSA) is 59.4 Å². The number of aromatic hydroxyl groups is 1. The number of aromatic nitrogens is 1. The van der Waals surface area contributed by atoms with Gasteiger partial charge < -0.3 is 9.84 Å². The van der Waals surface area contributed by atoms with Crippen LogP contribution in [0.5, 0.6) is 5.88 Å². The fraction of sp³-hybridized carbons (Fsp3) is 0.455. The predicted molar refractivity (Wildman–Crippen MR) is 63.2 cm³/mol. The van der Waals surface area contributed by atoms with Crippen molar-refractivity contribution in [2.45, 2.75) is 26.2 Å². The van der Waals surface area contributed by atoms with Crippen LogP contribution in [0.2, 0.25) is 0 Å². The van der Waals surface area contributed by atoms with Gasteiger partial charge >= 0.3 is 5.97 Å². The maximum absolute atomic E-state index is 11.1. The van der Waals surface area contributed by atoms with Gasteiger partial charge in [-0.15, -0.1) is 0 Å². The van der Waals surface area contributed by atoms with E-state index in [2.05, 4.69) is 20.9 Å². The molecule has 0 aliphatic carbocycles. The summed E-state index contributed by atoms with van der Waals surface area (Å²) in [6, 6.07) is 1.80.